The molecular weight excluding hydrogens is 430 g/mol. The fourth-order valence-electron chi connectivity index (χ4n) is 3.49. The van der Waals surface area contributed by atoms with Crippen LogP contribution in [0.4, 0.5) is 0 Å². The standard InChI is InChI=1S/C23H29N3O5S/c1-7-31-23(28)19-13(2)18-21(27)24-20(25-22(18)32-19)14(3)26(4)11-10-15-8-9-16(29-5)17(12-15)30-6/h8-9,12,14H,7,10-11H2,1-6H3,(H,24,25,27). The zero-order chi connectivity index (χ0) is 23.4. The number of nitrogens with zero attached hydrogens (tertiary/aromatic N) is 2. The number of benzene rings is 1. The largest absolute Gasteiger partial charge is 0.493 e. The zero-order valence-corrected chi connectivity index (χ0v) is 20.1. The number of carbonyl (C=O) groups excluding carboxylic acids is 1. The summed E-state index contributed by atoms with van der Waals surface area (Å²) in [5, 5.41) is 0.446. The Labute approximate surface area is 191 Å². The Balaban J connectivity index is 1.79. The number of thiophene rings is 1. The number of rotatable bonds is 9. The number of aromatic nitrogens is 2. The van der Waals surface area contributed by atoms with Gasteiger partial charge in [-0.15, -0.1) is 11.3 Å². The summed E-state index contributed by atoms with van der Waals surface area (Å²) < 4.78 is 15.8. The summed E-state index contributed by atoms with van der Waals surface area (Å²) in [6.45, 7) is 6.52. The maximum atomic E-state index is 12.8. The van der Waals surface area contributed by atoms with Crippen LogP contribution in [0.25, 0.3) is 10.2 Å². The Bertz CT molecular complexity index is 1170. The summed E-state index contributed by atoms with van der Waals surface area (Å²) in [4.78, 5) is 35.6. The highest BCUT2D eigenvalue weighted by Crippen LogP contribution is 2.30. The van der Waals surface area contributed by atoms with E-state index in [1.807, 2.05) is 32.2 Å². The normalized spacial score (nSPS) is 12.2. The number of H-pyrrole nitrogens is 1. The molecule has 9 heteroatoms. The van der Waals surface area contributed by atoms with E-state index in [1.54, 1.807) is 28.1 Å². The zero-order valence-electron chi connectivity index (χ0n) is 19.3. The molecule has 0 spiro atoms. The molecular formula is C23H29N3O5S. The lowest BCUT2D eigenvalue weighted by molar-refractivity contribution is 0.0531. The van der Waals surface area contributed by atoms with Crippen molar-refractivity contribution in [3.8, 4) is 11.5 Å². The van der Waals surface area contributed by atoms with Gasteiger partial charge >= 0.3 is 5.97 Å². The van der Waals surface area contributed by atoms with E-state index in [0.717, 1.165) is 18.5 Å². The summed E-state index contributed by atoms with van der Waals surface area (Å²) in [7, 11) is 5.22. The van der Waals surface area contributed by atoms with Crippen LogP contribution in [0.5, 0.6) is 11.5 Å². The summed E-state index contributed by atoms with van der Waals surface area (Å²) in [6, 6.07) is 5.75. The maximum absolute atomic E-state index is 12.8. The second-order valence-corrected chi connectivity index (χ2v) is 8.50. The molecule has 1 N–H and O–H groups in total. The lowest BCUT2D eigenvalue weighted by Crippen LogP contribution is -2.28. The van der Waals surface area contributed by atoms with Crippen molar-refractivity contribution in [1.29, 1.82) is 0 Å². The average molecular weight is 460 g/mol. The van der Waals surface area contributed by atoms with Crippen LogP contribution in [-0.2, 0) is 11.2 Å². The molecule has 0 fully saturated rings. The van der Waals surface area contributed by atoms with Crippen molar-refractivity contribution in [2.75, 3.05) is 34.4 Å². The van der Waals surface area contributed by atoms with E-state index in [2.05, 4.69) is 14.9 Å². The fourth-order valence-corrected chi connectivity index (χ4v) is 4.58. The number of nitrogens with one attached hydrogen (secondary N) is 1. The number of carbonyl (C=O) groups is 1. The van der Waals surface area contributed by atoms with Crippen molar-refractivity contribution in [3.05, 3.63) is 50.4 Å². The van der Waals surface area contributed by atoms with E-state index >= 15 is 0 Å². The van der Waals surface area contributed by atoms with Gasteiger partial charge in [-0.3, -0.25) is 9.69 Å². The Kier molecular flexibility index (Phi) is 7.52. The minimum absolute atomic E-state index is 0.124. The van der Waals surface area contributed by atoms with Crippen molar-refractivity contribution >= 4 is 27.5 Å². The molecule has 172 valence electrons. The van der Waals surface area contributed by atoms with Crippen molar-refractivity contribution in [1.82, 2.24) is 14.9 Å². The minimum Gasteiger partial charge on any atom is -0.493 e. The molecule has 0 amide bonds. The van der Waals surface area contributed by atoms with Crippen molar-refractivity contribution in [2.24, 2.45) is 0 Å². The number of likely N-dealkylation sites (N-methyl/N-ethyl adjacent to an activating group) is 1. The number of esters is 1. The summed E-state index contributed by atoms with van der Waals surface area (Å²) in [5.74, 6) is 1.53. The van der Waals surface area contributed by atoms with Gasteiger partial charge in [0.25, 0.3) is 5.56 Å². The first kappa shape index (κ1) is 23.7. The number of aromatic amines is 1. The fraction of sp³-hybridized carbons (Fsp3) is 0.435. The number of methoxy groups -OCH3 is 2. The first-order valence-electron chi connectivity index (χ1n) is 10.4. The molecule has 3 rings (SSSR count). The molecule has 8 nitrogen and oxygen atoms in total. The van der Waals surface area contributed by atoms with Gasteiger partial charge in [0.05, 0.1) is 32.3 Å². The number of hydrogen-bond acceptors (Lipinski definition) is 8. The Hall–Kier alpha value is -2.91. The highest BCUT2D eigenvalue weighted by Gasteiger charge is 2.22. The summed E-state index contributed by atoms with van der Waals surface area (Å²) in [5.41, 5.74) is 1.49. The van der Waals surface area contributed by atoms with Gasteiger partial charge in [-0.1, -0.05) is 6.07 Å². The summed E-state index contributed by atoms with van der Waals surface area (Å²) >= 11 is 1.20. The van der Waals surface area contributed by atoms with Crippen molar-refractivity contribution in [3.63, 3.8) is 0 Å². The van der Waals surface area contributed by atoms with Gasteiger partial charge in [0.1, 0.15) is 15.5 Å². The first-order chi connectivity index (χ1) is 15.3. The molecule has 0 aliphatic rings. The van der Waals surface area contributed by atoms with E-state index in [1.165, 1.54) is 11.3 Å². The SMILES string of the molecule is CCOC(=O)c1sc2nc(C(C)N(C)CCc3ccc(OC)c(OC)c3)[nH]c(=O)c2c1C. The molecule has 0 saturated heterocycles. The molecule has 1 atom stereocenters. The molecule has 1 unspecified atom stereocenters. The Morgan fingerprint density at radius 3 is 2.62 bits per heavy atom. The van der Waals surface area contributed by atoms with Gasteiger partial charge < -0.3 is 19.2 Å². The minimum atomic E-state index is -0.422. The van der Waals surface area contributed by atoms with Gasteiger partial charge in [-0.2, -0.15) is 0 Å². The van der Waals surface area contributed by atoms with Gasteiger partial charge in [0.15, 0.2) is 11.5 Å². The summed E-state index contributed by atoms with van der Waals surface area (Å²) in [6.07, 6.45) is 0.790. The Morgan fingerprint density at radius 2 is 1.97 bits per heavy atom. The molecule has 3 aromatic rings. The number of hydrogen-bond donors (Lipinski definition) is 1. The average Bonchev–Trinajstić information content (AvgIpc) is 3.13. The molecule has 2 heterocycles. The smallest absolute Gasteiger partial charge is 0.348 e. The lowest BCUT2D eigenvalue weighted by Gasteiger charge is -2.24. The highest BCUT2D eigenvalue weighted by molar-refractivity contribution is 7.20. The maximum Gasteiger partial charge on any atom is 0.348 e. The third kappa shape index (κ3) is 4.78. The predicted molar refractivity (Wildman–Crippen MR) is 125 cm³/mol. The molecule has 1 aromatic carbocycles. The van der Waals surface area contributed by atoms with Crippen LogP contribution in [0.15, 0.2) is 23.0 Å². The number of aryl methyl sites for hydroxylation is 1. The van der Waals surface area contributed by atoms with Crippen molar-refractivity contribution in [2.45, 2.75) is 33.2 Å². The van der Waals surface area contributed by atoms with Crippen LogP contribution in [0.1, 0.15) is 46.5 Å². The van der Waals surface area contributed by atoms with E-state index < -0.39 is 5.97 Å². The quantitative estimate of drug-likeness (QED) is 0.487. The first-order valence-corrected chi connectivity index (χ1v) is 11.2. The van der Waals surface area contributed by atoms with Gasteiger partial charge in [-0.25, -0.2) is 9.78 Å². The van der Waals surface area contributed by atoms with Crippen LogP contribution in [0, 0.1) is 6.92 Å². The van der Waals surface area contributed by atoms with Gasteiger partial charge in [-0.05, 0) is 57.5 Å². The number of ether oxygens (including phenoxy) is 3. The van der Waals surface area contributed by atoms with E-state index in [0.29, 0.717) is 38.0 Å². The van der Waals surface area contributed by atoms with Crippen LogP contribution < -0.4 is 15.0 Å². The third-order valence-electron chi connectivity index (χ3n) is 5.54. The lowest BCUT2D eigenvalue weighted by atomic mass is 10.1. The second kappa shape index (κ2) is 10.1. The van der Waals surface area contributed by atoms with Crippen LogP contribution in [-0.4, -0.2) is 55.3 Å². The van der Waals surface area contributed by atoms with Gasteiger partial charge in [0, 0.05) is 6.54 Å². The molecule has 0 aliphatic heterocycles. The molecule has 0 bridgehead atoms. The van der Waals surface area contributed by atoms with E-state index in [4.69, 9.17) is 14.2 Å². The Morgan fingerprint density at radius 1 is 1.25 bits per heavy atom. The number of fused-ring (bicyclic) bond motifs is 1. The van der Waals surface area contributed by atoms with Crippen LogP contribution >= 0.6 is 11.3 Å². The van der Waals surface area contributed by atoms with Crippen LogP contribution in [0.2, 0.25) is 0 Å². The van der Waals surface area contributed by atoms with E-state index in [9.17, 15) is 9.59 Å². The second-order valence-electron chi connectivity index (χ2n) is 7.50. The molecule has 0 radical (unpaired) electrons. The van der Waals surface area contributed by atoms with E-state index in [-0.39, 0.29) is 18.2 Å². The van der Waals surface area contributed by atoms with Gasteiger partial charge in [0.2, 0.25) is 0 Å². The highest BCUT2D eigenvalue weighted by atomic mass is 32.1. The molecule has 2 aromatic heterocycles. The topological polar surface area (TPSA) is 93.8 Å². The third-order valence-corrected chi connectivity index (χ3v) is 6.70. The molecule has 0 saturated carbocycles. The van der Waals surface area contributed by atoms with Crippen molar-refractivity contribution < 1.29 is 19.0 Å². The predicted octanol–water partition coefficient (Wildman–Crippen LogP) is 3.72. The molecule has 32 heavy (non-hydrogen) atoms. The van der Waals surface area contributed by atoms with Crippen LogP contribution in [0.3, 0.4) is 0 Å². The monoisotopic (exact) mass is 459 g/mol. The molecule has 0 aliphatic carbocycles.